The van der Waals surface area contributed by atoms with E-state index in [1.165, 1.54) is 14.8 Å². The predicted molar refractivity (Wildman–Crippen MR) is 115 cm³/mol. The monoisotopic (exact) mass is 459 g/mol. The molecule has 0 saturated carbocycles. The summed E-state index contributed by atoms with van der Waals surface area (Å²) in [7, 11) is 0. The molecule has 0 aliphatic carbocycles. The molecule has 0 bridgehead atoms. The van der Waals surface area contributed by atoms with Crippen LogP contribution in [0.4, 0.5) is 5.69 Å². The number of anilines is 1. The molecule has 1 aromatic heterocycles. The highest BCUT2D eigenvalue weighted by Crippen LogP contribution is 2.32. The highest BCUT2D eigenvalue weighted by atomic mass is 127. The van der Waals surface area contributed by atoms with Gasteiger partial charge in [0.2, 0.25) is 0 Å². The van der Waals surface area contributed by atoms with E-state index in [0.717, 1.165) is 23.9 Å². The van der Waals surface area contributed by atoms with Crippen LogP contribution in [0.3, 0.4) is 0 Å². The van der Waals surface area contributed by atoms with E-state index in [1.807, 2.05) is 0 Å². The van der Waals surface area contributed by atoms with Gasteiger partial charge in [0.1, 0.15) is 0 Å². The first-order valence-electron chi connectivity index (χ1n) is 8.25. The Morgan fingerprint density at radius 1 is 0.960 bits per heavy atom. The minimum Gasteiger partial charge on any atom is -0.348 e. The van der Waals surface area contributed by atoms with Gasteiger partial charge in [0, 0.05) is 34.2 Å². The molecule has 0 amide bonds. The third kappa shape index (κ3) is 3.43. The van der Waals surface area contributed by atoms with Crippen molar-refractivity contribution in [2.75, 3.05) is 11.9 Å². The fourth-order valence-electron chi connectivity index (χ4n) is 3.32. The van der Waals surface area contributed by atoms with Crippen LogP contribution < -0.4 is 5.32 Å². The zero-order chi connectivity index (χ0) is 17.2. The number of hydrogen-bond acceptors (Lipinski definition) is 1. The summed E-state index contributed by atoms with van der Waals surface area (Å²) >= 11 is 8.08. The Bertz CT molecular complexity index is 873. The summed E-state index contributed by atoms with van der Waals surface area (Å²) in [5.41, 5.74) is 3.57. The maximum atomic E-state index is 5.77. The predicted octanol–water partition coefficient (Wildman–Crippen LogP) is 4.89. The van der Waals surface area contributed by atoms with Crippen LogP contribution >= 0.6 is 34.8 Å². The molecule has 3 aromatic rings. The maximum absolute atomic E-state index is 5.77. The number of nitrogens with zero attached hydrogens (tertiary/aromatic N) is 2. The highest BCUT2D eigenvalue weighted by Gasteiger charge is 2.30. The number of halogens is 1. The van der Waals surface area contributed by atoms with E-state index < -0.39 is 0 Å². The summed E-state index contributed by atoms with van der Waals surface area (Å²) in [6.45, 7) is 1.83. The SMILES string of the molecule is S=C(Nc1ccc(I)cc1)N1CCn2cccc2[C@@H]1c1ccccc1. The Hall–Kier alpha value is -1.86. The lowest BCUT2D eigenvalue weighted by Gasteiger charge is -2.39. The van der Waals surface area contributed by atoms with Crippen LogP contribution in [0.1, 0.15) is 17.3 Å². The van der Waals surface area contributed by atoms with Gasteiger partial charge in [-0.2, -0.15) is 0 Å². The minimum atomic E-state index is 0.133. The maximum Gasteiger partial charge on any atom is 0.174 e. The number of nitrogens with one attached hydrogen (secondary N) is 1. The molecule has 0 radical (unpaired) electrons. The molecule has 2 aromatic carbocycles. The van der Waals surface area contributed by atoms with E-state index >= 15 is 0 Å². The third-order valence-electron chi connectivity index (χ3n) is 4.51. The van der Waals surface area contributed by atoms with Gasteiger partial charge in [0.05, 0.1) is 6.04 Å². The number of benzene rings is 2. The van der Waals surface area contributed by atoms with Gasteiger partial charge < -0.3 is 14.8 Å². The van der Waals surface area contributed by atoms with E-state index in [4.69, 9.17) is 12.2 Å². The van der Waals surface area contributed by atoms with E-state index in [-0.39, 0.29) is 6.04 Å². The Morgan fingerprint density at radius 3 is 2.48 bits per heavy atom. The summed E-state index contributed by atoms with van der Waals surface area (Å²) in [5.74, 6) is 0. The number of rotatable bonds is 2. The molecule has 1 aliphatic rings. The molecular weight excluding hydrogens is 441 g/mol. The average Bonchev–Trinajstić information content (AvgIpc) is 3.12. The quantitative estimate of drug-likeness (QED) is 0.435. The van der Waals surface area contributed by atoms with E-state index in [1.54, 1.807) is 0 Å². The molecule has 0 fully saturated rings. The van der Waals surface area contributed by atoms with Gasteiger partial charge in [-0.05, 0) is 76.8 Å². The van der Waals surface area contributed by atoms with Crippen LogP contribution in [0, 0.1) is 3.57 Å². The zero-order valence-corrected chi connectivity index (χ0v) is 16.6. The van der Waals surface area contributed by atoms with Crippen molar-refractivity contribution >= 4 is 45.6 Å². The van der Waals surface area contributed by atoms with Crippen LogP contribution in [-0.2, 0) is 6.54 Å². The standard InChI is InChI=1S/C20H18IN3S/c21-16-8-10-17(11-9-16)22-20(25)24-14-13-23-12-4-7-18(23)19(24)15-5-2-1-3-6-15/h1-12,19H,13-14H2,(H,22,25)/t19-/m0/s1. The van der Waals surface area contributed by atoms with Crippen molar-refractivity contribution in [1.29, 1.82) is 0 Å². The molecule has 1 aliphatic heterocycles. The van der Waals surface area contributed by atoms with Gasteiger partial charge >= 0.3 is 0 Å². The third-order valence-corrected chi connectivity index (χ3v) is 5.57. The lowest BCUT2D eigenvalue weighted by molar-refractivity contribution is 0.293. The molecule has 1 N–H and O–H groups in total. The highest BCUT2D eigenvalue weighted by molar-refractivity contribution is 14.1. The fourth-order valence-corrected chi connectivity index (χ4v) is 3.99. The molecule has 4 rings (SSSR count). The summed E-state index contributed by atoms with van der Waals surface area (Å²) in [4.78, 5) is 2.29. The number of hydrogen-bond donors (Lipinski definition) is 1. The van der Waals surface area contributed by atoms with Gasteiger partial charge in [0.25, 0.3) is 0 Å². The van der Waals surface area contributed by atoms with Crippen molar-refractivity contribution in [3.63, 3.8) is 0 Å². The number of fused-ring (bicyclic) bond motifs is 1. The van der Waals surface area contributed by atoms with Crippen LogP contribution in [-0.4, -0.2) is 21.1 Å². The minimum absolute atomic E-state index is 0.133. The molecule has 0 spiro atoms. The van der Waals surface area contributed by atoms with Crippen molar-refractivity contribution in [2.45, 2.75) is 12.6 Å². The van der Waals surface area contributed by atoms with Crippen LogP contribution in [0.15, 0.2) is 72.9 Å². The van der Waals surface area contributed by atoms with Crippen molar-refractivity contribution in [3.05, 3.63) is 87.8 Å². The lowest BCUT2D eigenvalue weighted by Crippen LogP contribution is -2.44. The van der Waals surface area contributed by atoms with Gasteiger partial charge in [-0.15, -0.1) is 0 Å². The summed E-state index contributed by atoms with van der Waals surface area (Å²) < 4.78 is 3.54. The Balaban J connectivity index is 1.65. The van der Waals surface area contributed by atoms with Crippen molar-refractivity contribution in [2.24, 2.45) is 0 Å². The second-order valence-corrected chi connectivity index (χ2v) is 7.70. The average molecular weight is 459 g/mol. The molecule has 3 nitrogen and oxygen atoms in total. The van der Waals surface area contributed by atoms with Crippen LogP contribution in [0.5, 0.6) is 0 Å². The molecule has 0 unspecified atom stereocenters. The van der Waals surface area contributed by atoms with E-state index in [0.29, 0.717) is 0 Å². The van der Waals surface area contributed by atoms with Gasteiger partial charge in [-0.25, -0.2) is 0 Å². The molecule has 25 heavy (non-hydrogen) atoms. The Labute approximate surface area is 166 Å². The van der Waals surface area contributed by atoms with Crippen LogP contribution in [0.2, 0.25) is 0 Å². The van der Waals surface area contributed by atoms with Crippen molar-refractivity contribution < 1.29 is 0 Å². The normalized spacial score (nSPS) is 16.4. The van der Waals surface area contributed by atoms with Gasteiger partial charge in [0.15, 0.2) is 5.11 Å². The molecule has 2 heterocycles. The smallest absolute Gasteiger partial charge is 0.174 e. The molecular formula is C20H18IN3S. The zero-order valence-electron chi connectivity index (χ0n) is 13.6. The lowest BCUT2D eigenvalue weighted by atomic mass is 10.0. The van der Waals surface area contributed by atoms with E-state index in [9.17, 15) is 0 Å². The molecule has 126 valence electrons. The first-order valence-corrected chi connectivity index (χ1v) is 9.74. The largest absolute Gasteiger partial charge is 0.348 e. The number of aromatic nitrogens is 1. The van der Waals surface area contributed by atoms with E-state index in [2.05, 4.69) is 110 Å². The Morgan fingerprint density at radius 2 is 1.72 bits per heavy atom. The summed E-state index contributed by atoms with van der Waals surface area (Å²) in [6.07, 6.45) is 2.15. The van der Waals surface area contributed by atoms with Gasteiger partial charge in [-0.1, -0.05) is 30.3 Å². The number of thiocarbonyl (C=S) groups is 1. The van der Waals surface area contributed by atoms with Crippen molar-refractivity contribution in [3.8, 4) is 0 Å². The topological polar surface area (TPSA) is 20.2 Å². The molecule has 1 atom stereocenters. The summed E-state index contributed by atoms with van der Waals surface area (Å²) in [5, 5.41) is 4.17. The molecule has 0 saturated heterocycles. The molecule has 5 heteroatoms. The van der Waals surface area contributed by atoms with Crippen molar-refractivity contribution in [1.82, 2.24) is 9.47 Å². The second kappa shape index (κ2) is 7.17. The first kappa shape index (κ1) is 16.6. The Kier molecular flexibility index (Phi) is 4.76. The fraction of sp³-hybridized carbons (Fsp3) is 0.150. The second-order valence-electron chi connectivity index (χ2n) is 6.07. The van der Waals surface area contributed by atoms with Gasteiger partial charge in [-0.3, -0.25) is 0 Å². The summed E-state index contributed by atoms with van der Waals surface area (Å²) in [6, 6.07) is 23.3. The van der Waals surface area contributed by atoms with Crippen LogP contribution in [0.25, 0.3) is 0 Å². The first-order chi connectivity index (χ1) is 12.2.